The zero-order valence-corrected chi connectivity index (χ0v) is 9.99. The van der Waals surface area contributed by atoms with Crippen molar-refractivity contribution in [1.82, 2.24) is 0 Å². The van der Waals surface area contributed by atoms with Gasteiger partial charge in [-0.25, -0.2) is 4.79 Å². The van der Waals surface area contributed by atoms with Crippen molar-refractivity contribution in [2.24, 2.45) is 0 Å². The average Bonchev–Trinajstić information content (AvgIpc) is 2.33. The normalized spacial score (nSPS) is 11.2. The molecule has 19 heavy (non-hydrogen) atoms. The molecule has 0 radical (unpaired) electrons. The Bertz CT molecular complexity index is 448. The Morgan fingerprint density at radius 3 is 2.58 bits per heavy atom. The van der Waals surface area contributed by atoms with Crippen LogP contribution in [0.15, 0.2) is 18.2 Å². The van der Waals surface area contributed by atoms with E-state index in [1.54, 1.807) is 0 Å². The molecule has 0 fully saturated rings. The maximum atomic E-state index is 11.7. The number of benzene rings is 1. The SMILES string of the molecule is COc1ccc(C(=O)OCOCC(F)(F)F)cc1N. The van der Waals surface area contributed by atoms with Crippen molar-refractivity contribution < 1.29 is 32.2 Å². The second kappa shape index (κ2) is 6.28. The molecule has 0 bridgehead atoms. The maximum absolute atomic E-state index is 11.7. The van der Waals surface area contributed by atoms with Crippen LogP contribution in [-0.2, 0) is 9.47 Å². The second-order valence-corrected chi connectivity index (χ2v) is 3.47. The Morgan fingerprint density at radius 1 is 1.37 bits per heavy atom. The topological polar surface area (TPSA) is 70.8 Å². The van der Waals surface area contributed by atoms with Crippen LogP contribution in [0.1, 0.15) is 10.4 Å². The van der Waals surface area contributed by atoms with Crippen LogP contribution in [0.5, 0.6) is 5.75 Å². The molecule has 0 amide bonds. The van der Waals surface area contributed by atoms with Crippen molar-refractivity contribution >= 4 is 11.7 Å². The number of carbonyl (C=O) groups is 1. The van der Waals surface area contributed by atoms with E-state index in [1.165, 1.54) is 25.3 Å². The monoisotopic (exact) mass is 279 g/mol. The standard InChI is InChI=1S/C11H12F3NO4/c1-17-9-3-2-7(4-8(9)15)10(16)19-6-18-5-11(12,13)14/h2-4H,5-6,15H2,1H3. The van der Waals surface area contributed by atoms with Crippen LogP contribution in [0, 0.1) is 0 Å². The van der Waals surface area contributed by atoms with E-state index in [2.05, 4.69) is 9.47 Å². The number of ether oxygens (including phenoxy) is 3. The summed E-state index contributed by atoms with van der Waals surface area (Å²) in [7, 11) is 1.41. The first kappa shape index (κ1) is 15.1. The van der Waals surface area contributed by atoms with Gasteiger partial charge in [0.05, 0.1) is 18.4 Å². The molecule has 0 aliphatic carbocycles. The highest BCUT2D eigenvalue weighted by molar-refractivity contribution is 5.90. The lowest BCUT2D eigenvalue weighted by Gasteiger charge is -2.09. The largest absolute Gasteiger partial charge is 0.495 e. The smallest absolute Gasteiger partial charge is 0.411 e. The Labute approximate surface area is 107 Å². The fourth-order valence-electron chi connectivity index (χ4n) is 1.20. The summed E-state index contributed by atoms with van der Waals surface area (Å²) in [4.78, 5) is 11.4. The lowest BCUT2D eigenvalue weighted by molar-refractivity contribution is -0.190. The van der Waals surface area contributed by atoms with Crippen LogP contribution in [-0.4, -0.2) is 32.7 Å². The van der Waals surface area contributed by atoms with Gasteiger partial charge in [-0.05, 0) is 18.2 Å². The van der Waals surface area contributed by atoms with E-state index in [0.29, 0.717) is 5.75 Å². The molecular weight excluding hydrogens is 267 g/mol. The summed E-state index contributed by atoms with van der Waals surface area (Å²) in [5, 5.41) is 0. The Balaban J connectivity index is 2.48. The number of halogens is 3. The van der Waals surface area contributed by atoms with Gasteiger partial charge in [-0.1, -0.05) is 0 Å². The molecule has 0 atom stereocenters. The quantitative estimate of drug-likeness (QED) is 0.386. The molecule has 106 valence electrons. The van der Waals surface area contributed by atoms with Crippen molar-refractivity contribution in [3.05, 3.63) is 23.8 Å². The Morgan fingerprint density at radius 2 is 2.05 bits per heavy atom. The summed E-state index contributed by atoms with van der Waals surface area (Å²) >= 11 is 0. The van der Waals surface area contributed by atoms with Crippen molar-refractivity contribution in [3.8, 4) is 5.75 Å². The van der Waals surface area contributed by atoms with Gasteiger partial charge in [-0.2, -0.15) is 13.2 Å². The summed E-state index contributed by atoms with van der Waals surface area (Å²) in [5.41, 5.74) is 5.88. The van der Waals surface area contributed by atoms with E-state index in [9.17, 15) is 18.0 Å². The average molecular weight is 279 g/mol. The van der Waals surface area contributed by atoms with Crippen molar-refractivity contribution in [2.45, 2.75) is 6.18 Å². The minimum absolute atomic E-state index is 0.0916. The summed E-state index contributed by atoms with van der Waals surface area (Å²) in [6.07, 6.45) is -4.46. The third-order valence-corrected chi connectivity index (χ3v) is 2.00. The number of anilines is 1. The van der Waals surface area contributed by atoms with E-state index in [4.69, 9.17) is 10.5 Å². The van der Waals surface area contributed by atoms with Gasteiger partial charge in [0.1, 0.15) is 12.4 Å². The Hall–Kier alpha value is -1.96. The number of hydrogen-bond donors (Lipinski definition) is 1. The van der Waals surface area contributed by atoms with Crippen LogP contribution < -0.4 is 10.5 Å². The molecule has 1 aromatic rings. The first-order valence-corrected chi connectivity index (χ1v) is 5.08. The number of carbonyl (C=O) groups excluding carboxylic acids is 1. The molecule has 0 spiro atoms. The molecule has 0 aromatic heterocycles. The summed E-state index contributed by atoms with van der Waals surface area (Å²) < 4.78 is 48.8. The van der Waals surface area contributed by atoms with Crippen LogP contribution in [0.25, 0.3) is 0 Å². The summed E-state index contributed by atoms with van der Waals surface area (Å²) in [6.45, 7) is -2.27. The van der Waals surface area contributed by atoms with Gasteiger partial charge in [0.15, 0.2) is 6.79 Å². The van der Waals surface area contributed by atoms with Gasteiger partial charge < -0.3 is 19.9 Å². The summed E-state index contributed by atoms with van der Waals surface area (Å²) in [5.74, 6) is -0.457. The molecule has 2 N–H and O–H groups in total. The van der Waals surface area contributed by atoms with Crippen molar-refractivity contribution in [3.63, 3.8) is 0 Å². The first-order chi connectivity index (χ1) is 8.83. The number of nitrogen functional groups attached to an aromatic ring is 1. The van der Waals surface area contributed by atoms with Crippen molar-refractivity contribution in [2.75, 3.05) is 26.2 Å². The van der Waals surface area contributed by atoms with Gasteiger partial charge in [-0.3, -0.25) is 0 Å². The fourth-order valence-corrected chi connectivity index (χ4v) is 1.20. The minimum atomic E-state index is -4.46. The molecule has 8 heteroatoms. The lowest BCUT2D eigenvalue weighted by Crippen LogP contribution is -2.19. The molecule has 0 unspecified atom stereocenters. The van der Waals surface area contributed by atoms with Gasteiger partial charge in [0.25, 0.3) is 0 Å². The number of hydrogen-bond acceptors (Lipinski definition) is 5. The summed E-state index contributed by atoms with van der Waals surface area (Å²) in [6, 6.07) is 4.12. The third-order valence-electron chi connectivity index (χ3n) is 2.00. The number of alkyl halides is 3. The van der Waals surface area contributed by atoms with Gasteiger partial charge >= 0.3 is 12.1 Å². The molecular formula is C11H12F3NO4. The van der Waals surface area contributed by atoms with E-state index in [-0.39, 0.29) is 11.3 Å². The zero-order chi connectivity index (χ0) is 14.5. The highest BCUT2D eigenvalue weighted by atomic mass is 19.4. The van der Waals surface area contributed by atoms with Gasteiger partial charge in [0, 0.05) is 0 Å². The number of rotatable bonds is 5. The van der Waals surface area contributed by atoms with Crippen LogP contribution >= 0.6 is 0 Å². The predicted molar refractivity (Wildman–Crippen MR) is 59.7 cm³/mol. The van der Waals surface area contributed by atoms with E-state index >= 15 is 0 Å². The third kappa shape index (κ3) is 5.04. The van der Waals surface area contributed by atoms with E-state index in [1.807, 2.05) is 0 Å². The molecule has 0 aliphatic rings. The van der Waals surface area contributed by atoms with E-state index < -0.39 is 25.5 Å². The number of nitrogens with two attached hydrogens (primary N) is 1. The highest BCUT2D eigenvalue weighted by Gasteiger charge is 2.27. The Kier molecular flexibility index (Phi) is 4.99. The minimum Gasteiger partial charge on any atom is -0.495 e. The second-order valence-electron chi connectivity index (χ2n) is 3.47. The van der Waals surface area contributed by atoms with Gasteiger partial charge in [-0.15, -0.1) is 0 Å². The van der Waals surface area contributed by atoms with Crippen LogP contribution in [0.3, 0.4) is 0 Å². The molecule has 0 heterocycles. The molecule has 1 aromatic carbocycles. The van der Waals surface area contributed by atoms with Crippen LogP contribution in [0.2, 0.25) is 0 Å². The molecule has 0 aliphatic heterocycles. The highest BCUT2D eigenvalue weighted by Crippen LogP contribution is 2.22. The predicted octanol–water partition coefficient (Wildman–Crippen LogP) is 1.97. The first-order valence-electron chi connectivity index (χ1n) is 5.08. The lowest BCUT2D eigenvalue weighted by atomic mass is 10.2. The number of methoxy groups -OCH3 is 1. The maximum Gasteiger partial charge on any atom is 0.411 e. The van der Waals surface area contributed by atoms with E-state index in [0.717, 1.165) is 0 Å². The molecule has 0 saturated heterocycles. The van der Waals surface area contributed by atoms with Crippen molar-refractivity contribution in [1.29, 1.82) is 0 Å². The molecule has 0 saturated carbocycles. The molecule has 5 nitrogen and oxygen atoms in total. The fraction of sp³-hybridized carbons (Fsp3) is 0.364. The van der Waals surface area contributed by atoms with Gasteiger partial charge in [0.2, 0.25) is 0 Å². The molecule has 1 rings (SSSR count). The zero-order valence-electron chi connectivity index (χ0n) is 9.99. The number of esters is 1. The van der Waals surface area contributed by atoms with Crippen LogP contribution in [0.4, 0.5) is 18.9 Å².